The largest absolute Gasteiger partial charge is 0.466 e. The average molecular weight is 309 g/mol. The van der Waals surface area contributed by atoms with Crippen molar-refractivity contribution < 1.29 is 23.5 Å². The second-order valence-corrected chi connectivity index (χ2v) is 5.50. The van der Waals surface area contributed by atoms with E-state index in [1.54, 1.807) is 13.0 Å². The maximum absolute atomic E-state index is 11.8. The number of piperidine rings is 1. The summed E-state index contributed by atoms with van der Waals surface area (Å²) < 4.78 is 15.4. The molecule has 6 nitrogen and oxygen atoms in total. The Balaban J connectivity index is 1.98. The molecule has 0 saturated carbocycles. The van der Waals surface area contributed by atoms with Crippen LogP contribution in [0.5, 0.6) is 0 Å². The molecule has 1 aromatic heterocycles. The highest BCUT2D eigenvalue weighted by Gasteiger charge is 2.27. The summed E-state index contributed by atoms with van der Waals surface area (Å²) in [7, 11) is 1.35. The number of rotatable bonds is 5. The molecule has 22 heavy (non-hydrogen) atoms. The molecule has 0 radical (unpaired) electrons. The van der Waals surface area contributed by atoms with Crippen molar-refractivity contribution in [2.45, 2.75) is 33.2 Å². The summed E-state index contributed by atoms with van der Waals surface area (Å²) in [4.78, 5) is 25.6. The maximum atomic E-state index is 11.8. The van der Waals surface area contributed by atoms with Crippen molar-refractivity contribution in [1.29, 1.82) is 0 Å². The first kappa shape index (κ1) is 16.5. The van der Waals surface area contributed by atoms with Crippen molar-refractivity contribution in [3.05, 3.63) is 23.2 Å². The van der Waals surface area contributed by atoms with Gasteiger partial charge in [0, 0.05) is 6.54 Å². The molecular formula is C16H23NO5. The van der Waals surface area contributed by atoms with Gasteiger partial charge in [0.05, 0.1) is 26.2 Å². The van der Waals surface area contributed by atoms with E-state index in [1.807, 2.05) is 6.92 Å². The van der Waals surface area contributed by atoms with Crippen LogP contribution in [0.3, 0.4) is 0 Å². The van der Waals surface area contributed by atoms with Gasteiger partial charge in [-0.15, -0.1) is 0 Å². The van der Waals surface area contributed by atoms with E-state index in [9.17, 15) is 9.59 Å². The Hall–Kier alpha value is -1.82. The Kier molecular flexibility index (Phi) is 5.60. The predicted octanol–water partition coefficient (Wildman–Crippen LogP) is 2.15. The number of methoxy groups -OCH3 is 1. The normalized spacial score (nSPS) is 19.0. The van der Waals surface area contributed by atoms with Gasteiger partial charge in [-0.2, -0.15) is 0 Å². The van der Waals surface area contributed by atoms with Crippen LogP contribution in [0.2, 0.25) is 0 Å². The molecule has 1 unspecified atom stereocenters. The first-order valence-corrected chi connectivity index (χ1v) is 7.61. The van der Waals surface area contributed by atoms with Crippen LogP contribution in [0, 0.1) is 12.8 Å². The molecule has 1 fully saturated rings. The number of likely N-dealkylation sites (tertiary alicyclic amines) is 1. The molecule has 0 spiro atoms. The first-order chi connectivity index (χ1) is 10.5. The third-order valence-electron chi connectivity index (χ3n) is 3.88. The Morgan fingerprint density at radius 2 is 2.23 bits per heavy atom. The zero-order chi connectivity index (χ0) is 16.1. The van der Waals surface area contributed by atoms with Crippen molar-refractivity contribution in [2.75, 3.05) is 26.8 Å². The standard InChI is InChI=1S/C16H23NO5/c1-4-21-15(18)12-6-5-7-17(9-12)10-13-8-14(11(2)22-13)16(19)20-3/h8,12H,4-7,9-10H2,1-3H3. The van der Waals surface area contributed by atoms with Gasteiger partial charge in [-0.25, -0.2) is 4.79 Å². The monoisotopic (exact) mass is 309 g/mol. The van der Waals surface area contributed by atoms with Crippen LogP contribution in [0.1, 0.15) is 41.6 Å². The van der Waals surface area contributed by atoms with Crippen LogP contribution < -0.4 is 0 Å². The van der Waals surface area contributed by atoms with E-state index in [0.717, 1.165) is 19.4 Å². The van der Waals surface area contributed by atoms with Gasteiger partial charge in [-0.3, -0.25) is 9.69 Å². The number of carbonyl (C=O) groups is 2. The highest BCUT2D eigenvalue weighted by molar-refractivity contribution is 5.90. The van der Waals surface area contributed by atoms with Crippen molar-refractivity contribution in [1.82, 2.24) is 4.90 Å². The van der Waals surface area contributed by atoms with Gasteiger partial charge in [0.25, 0.3) is 0 Å². The molecule has 122 valence electrons. The Morgan fingerprint density at radius 1 is 1.45 bits per heavy atom. The van der Waals surface area contributed by atoms with Gasteiger partial charge >= 0.3 is 11.9 Å². The number of ether oxygens (including phenoxy) is 2. The molecule has 0 amide bonds. The summed E-state index contributed by atoms with van der Waals surface area (Å²) in [6.45, 7) is 6.12. The molecule has 6 heteroatoms. The minimum Gasteiger partial charge on any atom is -0.466 e. The topological polar surface area (TPSA) is 69.0 Å². The molecule has 1 aliphatic heterocycles. The molecule has 0 bridgehead atoms. The van der Waals surface area contributed by atoms with E-state index in [4.69, 9.17) is 13.9 Å². The van der Waals surface area contributed by atoms with Gasteiger partial charge in [0.1, 0.15) is 17.1 Å². The number of esters is 2. The molecule has 0 aromatic carbocycles. The summed E-state index contributed by atoms with van der Waals surface area (Å²) in [5, 5.41) is 0. The van der Waals surface area contributed by atoms with Crippen LogP contribution in [-0.4, -0.2) is 43.6 Å². The van der Waals surface area contributed by atoms with E-state index >= 15 is 0 Å². The minimum absolute atomic E-state index is 0.0789. The smallest absolute Gasteiger partial charge is 0.341 e. The summed E-state index contributed by atoms with van der Waals surface area (Å²) >= 11 is 0. The van der Waals surface area contributed by atoms with Crippen molar-refractivity contribution >= 4 is 11.9 Å². The third-order valence-corrected chi connectivity index (χ3v) is 3.88. The maximum Gasteiger partial charge on any atom is 0.341 e. The Bertz CT molecular complexity index is 537. The van der Waals surface area contributed by atoms with Crippen LogP contribution in [0.15, 0.2) is 10.5 Å². The van der Waals surface area contributed by atoms with Gasteiger partial charge in [0.15, 0.2) is 0 Å². The van der Waals surface area contributed by atoms with Crippen LogP contribution in [0.25, 0.3) is 0 Å². The lowest BCUT2D eigenvalue weighted by Crippen LogP contribution is -2.38. The molecule has 1 saturated heterocycles. The average Bonchev–Trinajstić information content (AvgIpc) is 2.87. The van der Waals surface area contributed by atoms with Gasteiger partial charge in [-0.1, -0.05) is 0 Å². The highest BCUT2D eigenvalue weighted by atomic mass is 16.5. The summed E-state index contributed by atoms with van der Waals surface area (Å²) in [6.07, 6.45) is 1.81. The Labute approximate surface area is 130 Å². The van der Waals surface area contributed by atoms with E-state index in [1.165, 1.54) is 7.11 Å². The van der Waals surface area contributed by atoms with E-state index in [0.29, 0.717) is 36.8 Å². The summed E-state index contributed by atoms with van der Waals surface area (Å²) in [6, 6.07) is 1.72. The summed E-state index contributed by atoms with van der Waals surface area (Å²) in [5.74, 6) is 0.668. The van der Waals surface area contributed by atoms with Crippen LogP contribution in [0.4, 0.5) is 0 Å². The van der Waals surface area contributed by atoms with Gasteiger partial charge < -0.3 is 13.9 Å². The fourth-order valence-electron chi connectivity index (χ4n) is 2.81. The molecule has 0 N–H and O–H groups in total. The lowest BCUT2D eigenvalue weighted by molar-refractivity contribution is -0.150. The fourth-order valence-corrected chi connectivity index (χ4v) is 2.81. The van der Waals surface area contributed by atoms with E-state index < -0.39 is 5.97 Å². The summed E-state index contributed by atoms with van der Waals surface area (Å²) in [5.41, 5.74) is 0.455. The molecule has 1 aliphatic rings. The van der Waals surface area contributed by atoms with Crippen LogP contribution >= 0.6 is 0 Å². The zero-order valence-electron chi connectivity index (χ0n) is 13.4. The lowest BCUT2D eigenvalue weighted by atomic mass is 9.98. The number of aryl methyl sites for hydroxylation is 1. The second-order valence-electron chi connectivity index (χ2n) is 5.50. The minimum atomic E-state index is -0.393. The quantitative estimate of drug-likeness (QED) is 0.776. The Morgan fingerprint density at radius 3 is 2.91 bits per heavy atom. The van der Waals surface area contributed by atoms with Crippen molar-refractivity contribution in [3.8, 4) is 0 Å². The number of furan rings is 1. The first-order valence-electron chi connectivity index (χ1n) is 7.61. The zero-order valence-corrected chi connectivity index (χ0v) is 13.4. The second kappa shape index (κ2) is 7.45. The molecule has 2 rings (SSSR count). The molecule has 1 atom stereocenters. The molecule has 2 heterocycles. The number of hydrogen-bond acceptors (Lipinski definition) is 6. The van der Waals surface area contributed by atoms with Gasteiger partial charge in [0.2, 0.25) is 0 Å². The fraction of sp³-hybridized carbons (Fsp3) is 0.625. The SMILES string of the molecule is CCOC(=O)C1CCCN(Cc2cc(C(=O)OC)c(C)o2)C1. The lowest BCUT2D eigenvalue weighted by Gasteiger charge is -2.30. The van der Waals surface area contributed by atoms with Crippen molar-refractivity contribution in [2.24, 2.45) is 5.92 Å². The van der Waals surface area contributed by atoms with E-state index in [2.05, 4.69) is 4.90 Å². The number of nitrogens with zero attached hydrogens (tertiary/aromatic N) is 1. The highest BCUT2D eigenvalue weighted by Crippen LogP contribution is 2.22. The van der Waals surface area contributed by atoms with Gasteiger partial charge in [-0.05, 0) is 39.3 Å². The number of hydrogen-bond donors (Lipinski definition) is 0. The third kappa shape index (κ3) is 3.88. The molecular weight excluding hydrogens is 286 g/mol. The number of carbonyl (C=O) groups excluding carboxylic acids is 2. The van der Waals surface area contributed by atoms with Crippen LogP contribution in [-0.2, 0) is 20.8 Å². The van der Waals surface area contributed by atoms with E-state index in [-0.39, 0.29) is 11.9 Å². The molecule has 1 aromatic rings. The van der Waals surface area contributed by atoms with Crippen molar-refractivity contribution in [3.63, 3.8) is 0 Å². The molecule has 0 aliphatic carbocycles. The predicted molar refractivity (Wildman–Crippen MR) is 79.4 cm³/mol.